The van der Waals surface area contributed by atoms with Crippen molar-refractivity contribution in [2.24, 2.45) is 5.41 Å². The van der Waals surface area contributed by atoms with Gasteiger partial charge in [0.2, 0.25) is 0 Å². The van der Waals surface area contributed by atoms with Gasteiger partial charge in [0.1, 0.15) is 5.56 Å². The normalized spacial score (nSPS) is 17.0. The number of nitro benzene ring substituents is 1. The third-order valence-corrected chi connectivity index (χ3v) is 4.85. The van der Waals surface area contributed by atoms with Crippen LogP contribution in [-0.2, 0) is 0 Å². The fourth-order valence-electron chi connectivity index (χ4n) is 2.94. The van der Waals surface area contributed by atoms with Crippen molar-refractivity contribution >= 4 is 23.2 Å². The lowest BCUT2D eigenvalue weighted by molar-refractivity contribution is -0.385. The zero-order valence-electron chi connectivity index (χ0n) is 12.3. The molecule has 1 fully saturated rings. The summed E-state index contributed by atoms with van der Waals surface area (Å²) < 4.78 is 0. The van der Waals surface area contributed by atoms with Crippen LogP contribution in [0.4, 0.5) is 5.69 Å². The van der Waals surface area contributed by atoms with Crippen molar-refractivity contribution in [1.29, 1.82) is 0 Å². The maximum atomic E-state index is 12.6. The average molecular weight is 311 g/mol. The summed E-state index contributed by atoms with van der Waals surface area (Å²) in [6.45, 7) is 5.55. The number of carbonyl (C=O) groups is 1. The number of nitrogens with zero attached hydrogens (tertiary/aromatic N) is 2. The van der Waals surface area contributed by atoms with Crippen LogP contribution in [0.2, 0.25) is 5.02 Å². The van der Waals surface area contributed by atoms with Crippen LogP contribution in [0.15, 0.2) is 18.2 Å². The highest BCUT2D eigenvalue weighted by atomic mass is 35.5. The lowest BCUT2D eigenvalue weighted by atomic mass is 9.82. The van der Waals surface area contributed by atoms with Crippen LogP contribution in [0.25, 0.3) is 0 Å². The SMILES string of the molecule is CCC1(CC)CCN(C(=O)c2cc(Cl)ccc2[N+](=O)[O-])C1. The maximum absolute atomic E-state index is 12.6. The van der Waals surface area contributed by atoms with Gasteiger partial charge in [0.15, 0.2) is 0 Å². The van der Waals surface area contributed by atoms with E-state index in [2.05, 4.69) is 13.8 Å². The van der Waals surface area contributed by atoms with E-state index >= 15 is 0 Å². The van der Waals surface area contributed by atoms with Crippen molar-refractivity contribution in [2.75, 3.05) is 13.1 Å². The first-order valence-electron chi connectivity index (χ1n) is 7.15. The fraction of sp³-hybridized carbons (Fsp3) is 0.533. The Bertz CT molecular complexity index is 570. The van der Waals surface area contributed by atoms with Crippen LogP contribution >= 0.6 is 11.6 Å². The summed E-state index contributed by atoms with van der Waals surface area (Å²) in [7, 11) is 0. The lowest BCUT2D eigenvalue weighted by Crippen LogP contribution is -2.32. The molecule has 0 radical (unpaired) electrons. The number of hydrogen-bond acceptors (Lipinski definition) is 3. The molecule has 0 spiro atoms. The third-order valence-electron chi connectivity index (χ3n) is 4.61. The highest BCUT2D eigenvalue weighted by Gasteiger charge is 2.38. The highest BCUT2D eigenvalue weighted by molar-refractivity contribution is 6.31. The molecule has 0 bridgehead atoms. The summed E-state index contributed by atoms with van der Waals surface area (Å²) in [5.74, 6) is -0.298. The van der Waals surface area contributed by atoms with Gasteiger partial charge in [0, 0.05) is 24.2 Å². The molecular weight excluding hydrogens is 292 g/mol. The Hall–Kier alpha value is -1.62. The van der Waals surface area contributed by atoms with E-state index in [1.807, 2.05) is 0 Å². The van der Waals surface area contributed by atoms with Crippen LogP contribution in [0.3, 0.4) is 0 Å². The van der Waals surface area contributed by atoms with Gasteiger partial charge >= 0.3 is 0 Å². The van der Waals surface area contributed by atoms with Gasteiger partial charge in [-0.15, -0.1) is 0 Å². The number of rotatable bonds is 4. The van der Waals surface area contributed by atoms with Crippen LogP contribution in [-0.4, -0.2) is 28.8 Å². The zero-order chi connectivity index (χ0) is 15.6. The van der Waals surface area contributed by atoms with E-state index in [0.717, 1.165) is 19.3 Å². The number of carbonyl (C=O) groups excluding carboxylic acids is 1. The molecule has 21 heavy (non-hydrogen) atoms. The molecule has 0 aromatic heterocycles. The first kappa shape index (κ1) is 15.8. The first-order chi connectivity index (χ1) is 9.92. The van der Waals surface area contributed by atoms with Crippen LogP contribution < -0.4 is 0 Å². The van der Waals surface area contributed by atoms with Gasteiger partial charge in [-0.05, 0) is 36.8 Å². The molecular formula is C15H19ClN2O3. The number of likely N-dealkylation sites (tertiary alicyclic amines) is 1. The molecule has 0 atom stereocenters. The number of halogens is 1. The smallest absolute Gasteiger partial charge is 0.282 e. The summed E-state index contributed by atoms with van der Waals surface area (Å²) >= 11 is 5.89. The Morgan fingerprint density at radius 3 is 2.62 bits per heavy atom. The Kier molecular flexibility index (Phi) is 4.52. The van der Waals surface area contributed by atoms with Gasteiger partial charge in [0.25, 0.3) is 11.6 Å². The Morgan fingerprint density at radius 2 is 2.10 bits per heavy atom. The van der Waals surface area contributed by atoms with E-state index in [-0.39, 0.29) is 22.6 Å². The van der Waals surface area contributed by atoms with Gasteiger partial charge in [-0.1, -0.05) is 25.4 Å². The molecule has 1 heterocycles. The minimum absolute atomic E-state index is 0.0792. The standard InChI is InChI=1S/C15H19ClN2O3/c1-3-15(4-2)7-8-17(10-15)14(19)12-9-11(16)5-6-13(12)18(20)21/h5-6,9H,3-4,7-8,10H2,1-2H3. The molecule has 114 valence electrons. The van der Waals surface area contributed by atoms with E-state index < -0.39 is 4.92 Å². The van der Waals surface area contributed by atoms with Crippen molar-refractivity contribution in [3.63, 3.8) is 0 Å². The molecule has 6 heteroatoms. The van der Waals surface area contributed by atoms with Crippen molar-refractivity contribution < 1.29 is 9.72 Å². The predicted octanol–water partition coefficient (Wildman–Crippen LogP) is 3.90. The number of benzene rings is 1. The van der Waals surface area contributed by atoms with E-state index in [9.17, 15) is 14.9 Å². The second kappa shape index (κ2) is 6.02. The quantitative estimate of drug-likeness (QED) is 0.626. The molecule has 1 aromatic rings. The zero-order valence-corrected chi connectivity index (χ0v) is 13.0. The minimum Gasteiger partial charge on any atom is -0.338 e. The highest BCUT2D eigenvalue weighted by Crippen LogP contribution is 2.38. The summed E-state index contributed by atoms with van der Waals surface area (Å²) in [5.41, 5.74) is 0.0358. The number of amides is 1. The molecule has 0 aliphatic carbocycles. The molecule has 1 aromatic carbocycles. The molecule has 5 nitrogen and oxygen atoms in total. The summed E-state index contributed by atoms with van der Waals surface area (Å²) in [6, 6.07) is 4.11. The number of nitro groups is 1. The Balaban J connectivity index is 2.30. The van der Waals surface area contributed by atoms with E-state index in [0.29, 0.717) is 18.1 Å². The summed E-state index contributed by atoms with van der Waals surface area (Å²) in [5, 5.41) is 11.4. The topological polar surface area (TPSA) is 63.5 Å². The lowest BCUT2D eigenvalue weighted by Gasteiger charge is -2.26. The second-order valence-corrected chi connectivity index (χ2v) is 6.04. The predicted molar refractivity (Wildman–Crippen MR) is 81.6 cm³/mol. The summed E-state index contributed by atoms with van der Waals surface area (Å²) in [6.07, 6.45) is 2.95. The van der Waals surface area contributed by atoms with Crippen molar-refractivity contribution in [3.8, 4) is 0 Å². The molecule has 1 aliphatic rings. The first-order valence-corrected chi connectivity index (χ1v) is 7.53. The average Bonchev–Trinajstić information content (AvgIpc) is 2.91. The molecule has 1 saturated heterocycles. The van der Waals surface area contributed by atoms with Gasteiger partial charge in [-0.2, -0.15) is 0 Å². The van der Waals surface area contributed by atoms with Crippen LogP contribution in [0, 0.1) is 15.5 Å². The van der Waals surface area contributed by atoms with Gasteiger partial charge in [0.05, 0.1) is 4.92 Å². The van der Waals surface area contributed by atoms with Crippen LogP contribution in [0.5, 0.6) is 0 Å². The van der Waals surface area contributed by atoms with Gasteiger partial charge in [-0.25, -0.2) is 0 Å². The largest absolute Gasteiger partial charge is 0.338 e. The minimum atomic E-state index is -0.535. The van der Waals surface area contributed by atoms with Crippen LogP contribution in [0.1, 0.15) is 43.5 Å². The Morgan fingerprint density at radius 1 is 1.43 bits per heavy atom. The van der Waals surface area contributed by atoms with Crippen molar-refractivity contribution in [3.05, 3.63) is 38.9 Å². The van der Waals surface area contributed by atoms with Crippen molar-refractivity contribution in [2.45, 2.75) is 33.1 Å². The van der Waals surface area contributed by atoms with Gasteiger partial charge in [-0.3, -0.25) is 14.9 Å². The molecule has 1 amide bonds. The molecule has 0 unspecified atom stereocenters. The Labute approximate surface area is 129 Å². The monoisotopic (exact) mass is 310 g/mol. The van der Waals surface area contributed by atoms with E-state index in [1.54, 1.807) is 4.90 Å². The molecule has 0 saturated carbocycles. The molecule has 0 N–H and O–H groups in total. The van der Waals surface area contributed by atoms with E-state index in [4.69, 9.17) is 11.6 Å². The maximum Gasteiger partial charge on any atom is 0.282 e. The number of hydrogen-bond donors (Lipinski definition) is 0. The third kappa shape index (κ3) is 3.02. The molecule has 1 aliphatic heterocycles. The fourth-order valence-corrected chi connectivity index (χ4v) is 3.12. The second-order valence-electron chi connectivity index (χ2n) is 5.60. The molecule has 2 rings (SSSR count). The summed E-state index contributed by atoms with van der Waals surface area (Å²) in [4.78, 5) is 24.9. The van der Waals surface area contributed by atoms with E-state index in [1.165, 1.54) is 18.2 Å². The van der Waals surface area contributed by atoms with Crippen molar-refractivity contribution in [1.82, 2.24) is 4.90 Å². The van der Waals surface area contributed by atoms with Gasteiger partial charge < -0.3 is 4.90 Å².